The molecule has 2 aliphatic heterocycles. The number of amides is 1. The molecule has 2 aromatic carbocycles. The molecule has 0 aliphatic carbocycles. The van der Waals surface area contributed by atoms with Crippen LogP contribution < -0.4 is 20.5 Å². The Kier molecular flexibility index (Phi) is 6.78. The van der Waals surface area contributed by atoms with Crippen LogP contribution in [0.1, 0.15) is 11.5 Å². The zero-order chi connectivity index (χ0) is 18.6. The summed E-state index contributed by atoms with van der Waals surface area (Å²) >= 11 is 0. The van der Waals surface area contributed by atoms with Gasteiger partial charge in [0, 0.05) is 25.0 Å². The molecular weight excluding hydrogens is 378 g/mol. The summed E-state index contributed by atoms with van der Waals surface area (Å²) in [5.41, 5.74) is 7.54. The van der Waals surface area contributed by atoms with E-state index in [1.54, 1.807) is 0 Å². The van der Waals surface area contributed by atoms with Crippen LogP contribution in [0.25, 0.3) is 0 Å². The summed E-state index contributed by atoms with van der Waals surface area (Å²) in [5, 5.41) is 2.95. The predicted octanol–water partition coefficient (Wildman–Crippen LogP) is 1.79. The summed E-state index contributed by atoms with van der Waals surface area (Å²) in [4.78, 5) is 14.5. The third kappa shape index (κ3) is 4.76. The normalized spacial score (nSPS) is 23.7. The Hall–Kier alpha value is -2.28. The molecule has 1 amide bonds. The number of hydrogen-bond donors (Lipinski definition) is 2. The van der Waals surface area contributed by atoms with Gasteiger partial charge >= 0.3 is 0 Å². The van der Waals surface area contributed by atoms with Gasteiger partial charge in [0.2, 0.25) is 5.91 Å². The zero-order valence-electron chi connectivity index (χ0n) is 15.6. The second kappa shape index (κ2) is 9.28. The molecular formula is C21H26ClN3O3. The van der Waals surface area contributed by atoms with Crippen molar-refractivity contribution >= 4 is 18.3 Å². The molecule has 2 heterocycles. The molecule has 1 unspecified atom stereocenters. The van der Waals surface area contributed by atoms with Crippen molar-refractivity contribution < 1.29 is 14.3 Å². The number of benzene rings is 2. The van der Waals surface area contributed by atoms with Gasteiger partial charge in [0.25, 0.3) is 0 Å². The van der Waals surface area contributed by atoms with Gasteiger partial charge in [0.15, 0.2) is 11.5 Å². The minimum Gasteiger partial charge on any atom is -0.486 e. The first-order valence-electron chi connectivity index (χ1n) is 9.37. The van der Waals surface area contributed by atoms with Gasteiger partial charge in [-0.15, -0.1) is 12.4 Å². The number of likely N-dealkylation sites (tertiary alicyclic amines) is 1. The number of halogens is 1. The topological polar surface area (TPSA) is 76.8 Å². The van der Waals surface area contributed by atoms with E-state index in [1.165, 1.54) is 5.56 Å². The van der Waals surface area contributed by atoms with Crippen LogP contribution >= 0.6 is 12.4 Å². The minimum atomic E-state index is -0.179. The lowest BCUT2D eigenvalue weighted by Crippen LogP contribution is -2.44. The van der Waals surface area contributed by atoms with Gasteiger partial charge in [-0.05, 0) is 17.7 Å². The van der Waals surface area contributed by atoms with Crippen molar-refractivity contribution in [1.29, 1.82) is 0 Å². The Morgan fingerprint density at radius 3 is 2.57 bits per heavy atom. The van der Waals surface area contributed by atoms with Gasteiger partial charge in [0.1, 0.15) is 12.7 Å². The predicted molar refractivity (Wildman–Crippen MR) is 110 cm³/mol. The van der Waals surface area contributed by atoms with Crippen LogP contribution in [0.4, 0.5) is 0 Å². The second-order valence-corrected chi connectivity index (χ2v) is 7.18. The third-order valence-electron chi connectivity index (χ3n) is 5.13. The maximum absolute atomic E-state index is 12.3. The summed E-state index contributed by atoms with van der Waals surface area (Å²) in [6, 6.07) is 17.9. The van der Waals surface area contributed by atoms with Crippen LogP contribution in [0, 0.1) is 0 Å². The molecule has 0 aromatic heterocycles. The fourth-order valence-electron chi connectivity index (χ4n) is 3.75. The molecule has 0 spiro atoms. The van der Waals surface area contributed by atoms with Crippen molar-refractivity contribution in [2.45, 2.75) is 18.1 Å². The van der Waals surface area contributed by atoms with Crippen molar-refractivity contribution in [3.8, 4) is 11.5 Å². The van der Waals surface area contributed by atoms with Crippen molar-refractivity contribution in [3.63, 3.8) is 0 Å². The van der Waals surface area contributed by atoms with Crippen molar-refractivity contribution in [1.82, 2.24) is 10.2 Å². The molecule has 2 aliphatic rings. The van der Waals surface area contributed by atoms with E-state index in [1.807, 2.05) is 42.5 Å². The van der Waals surface area contributed by atoms with Gasteiger partial charge in [-0.3, -0.25) is 9.69 Å². The fraction of sp³-hybridized carbons (Fsp3) is 0.381. The highest BCUT2D eigenvalue weighted by atomic mass is 35.5. The number of carbonyl (C=O) groups excluding carboxylic acids is 1. The van der Waals surface area contributed by atoms with Crippen LogP contribution in [-0.2, 0) is 4.79 Å². The third-order valence-corrected chi connectivity index (χ3v) is 5.13. The molecule has 0 radical (unpaired) electrons. The van der Waals surface area contributed by atoms with E-state index in [2.05, 4.69) is 22.3 Å². The van der Waals surface area contributed by atoms with Crippen molar-refractivity contribution in [3.05, 3.63) is 60.2 Å². The van der Waals surface area contributed by atoms with E-state index in [0.717, 1.165) is 24.6 Å². The molecule has 0 bridgehead atoms. The smallest absolute Gasteiger partial charge is 0.234 e. The van der Waals surface area contributed by atoms with E-state index in [-0.39, 0.29) is 36.4 Å². The molecule has 28 heavy (non-hydrogen) atoms. The Morgan fingerprint density at radius 2 is 1.79 bits per heavy atom. The first kappa shape index (κ1) is 20.5. The van der Waals surface area contributed by atoms with E-state index in [4.69, 9.17) is 15.2 Å². The Balaban J connectivity index is 0.00000225. The maximum Gasteiger partial charge on any atom is 0.234 e. The largest absolute Gasteiger partial charge is 0.486 e. The average molecular weight is 404 g/mol. The lowest BCUT2D eigenvalue weighted by Gasteiger charge is -2.26. The van der Waals surface area contributed by atoms with Crippen LogP contribution in [0.3, 0.4) is 0 Å². The average Bonchev–Trinajstić information content (AvgIpc) is 3.07. The molecule has 150 valence electrons. The highest BCUT2D eigenvalue weighted by molar-refractivity contribution is 5.85. The fourth-order valence-corrected chi connectivity index (χ4v) is 3.75. The number of rotatable bonds is 5. The molecule has 6 nitrogen and oxygen atoms in total. The molecule has 7 heteroatoms. The second-order valence-electron chi connectivity index (χ2n) is 7.18. The number of nitrogens with zero attached hydrogens (tertiary/aromatic N) is 1. The van der Waals surface area contributed by atoms with Crippen LogP contribution in [-0.4, -0.2) is 55.7 Å². The number of carbonyl (C=O) groups is 1. The van der Waals surface area contributed by atoms with E-state index < -0.39 is 0 Å². The lowest BCUT2D eigenvalue weighted by molar-refractivity contribution is -0.122. The highest BCUT2D eigenvalue weighted by Gasteiger charge is 2.32. The van der Waals surface area contributed by atoms with E-state index in [0.29, 0.717) is 19.7 Å². The SMILES string of the molecule is Cl.N[C@@H]1CN(CC(=O)NCC2COc3ccccc3O2)C[C@H]1c1ccccc1. The quantitative estimate of drug-likeness (QED) is 0.796. The number of fused-ring (bicyclic) bond motifs is 1. The van der Waals surface area contributed by atoms with Crippen molar-refractivity contribution in [2.24, 2.45) is 5.73 Å². The molecule has 0 saturated carbocycles. The summed E-state index contributed by atoms with van der Waals surface area (Å²) < 4.78 is 11.5. The minimum absolute atomic E-state index is 0. The maximum atomic E-state index is 12.3. The van der Waals surface area contributed by atoms with Gasteiger partial charge < -0.3 is 20.5 Å². The van der Waals surface area contributed by atoms with E-state index >= 15 is 0 Å². The lowest BCUT2D eigenvalue weighted by atomic mass is 9.95. The number of nitrogens with one attached hydrogen (secondary N) is 1. The standard InChI is InChI=1S/C21H25N3O3.ClH/c22-18-12-24(11-17(18)15-6-2-1-3-7-15)13-21(25)23-10-16-14-26-19-8-4-5-9-20(19)27-16;/h1-9,16-18H,10-14,22H2,(H,23,25);1H/t16?,17-,18+;/m0./s1. The zero-order valence-corrected chi connectivity index (χ0v) is 16.4. The van der Waals surface area contributed by atoms with Gasteiger partial charge in [0.05, 0.1) is 13.1 Å². The molecule has 3 N–H and O–H groups in total. The Bertz CT molecular complexity index is 789. The van der Waals surface area contributed by atoms with Crippen LogP contribution in [0.15, 0.2) is 54.6 Å². The van der Waals surface area contributed by atoms with Gasteiger partial charge in [-0.25, -0.2) is 0 Å². The van der Waals surface area contributed by atoms with Gasteiger partial charge in [-0.1, -0.05) is 42.5 Å². The molecule has 1 fully saturated rings. The number of nitrogens with two attached hydrogens (primary N) is 1. The first-order chi connectivity index (χ1) is 13.2. The Morgan fingerprint density at radius 1 is 1.07 bits per heavy atom. The molecule has 1 saturated heterocycles. The number of ether oxygens (including phenoxy) is 2. The number of hydrogen-bond acceptors (Lipinski definition) is 5. The molecule has 3 atom stereocenters. The molecule has 2 aromatic rings. The highest BCUT2D eigenvalue weighted by Crippen LogP contribution is 2.30. The monoisotopic (exact) mass is 403 g/mol. The summed E-state index contributed by atoms with van der Waals surface area (Å²) in [6.45, 7) is 2.73. The molecule has 4 rings (SSSR count). The van der Waals surface area contributed by atoms with Crippen LogP contribution in [0.2, 0.25) is 0 Å². The number of para-hydroxylation sites is 2. The summed E-state index contributed by atoms with van der Waals surface area (Å²) in [5.74, 6) is 1.72. The summed E-state index contributed by atoms with van der Waals surface area (Å²) in [6.07, 6.45) is -0.179. The van der Waals surface area contributed by atoms with Gasteiger partial charge in [-0.2, -0.15) is 0 Å². The Labute approximate surface area is 171 Å². The van der Waals surface area contributed by atoms with Crippen molar-refractivity contribution in [2.75, 3.05) is 32.8 Å². The summed E-state index contributed by atoms with van der Waals surface area (Å²) in [7, 11) is 0. The first-order valence-corrected chi connectivity index (χ1v) is 9.37. The van der Waals surface area contributed by atoms with E-state index in [9.17, 15) is 4.79 Å². The van der Waals surface area contributed by atoms with Crippen LogP contribution in [0.5, 0.6) is 11.5 Å².